The highest BCUT2D eigenvalue weighted by atomic mass is 16.5. The Morgan fingerprint density at radius 1 is 1.06 bits per heavy atom. The van der Waals surface area contributed by atoms with E-state index in [2.05, 4.69) is 13.8 Å². The van der Waals surface area contributed by atoms with E-state index in [-0.39, 0.29) is 23.8 Å². The van der Waals surface area contributed by atoms with E-state index in [0.29, 0.717) is 44.0 Å². The summed E-state index contributed by atoms with van der Waals surface area (Å²) in [5.41, 5.74) is 1.54. The molecular formula is C28H38N2O4. The molecule has 2 aromatic carbocycles. The number of rotatable bonds is 5. The number of carbonyl (C=O) groups excluding carboxylic acids is 2. The molecule has 1 atom stereocenters. The van der Waals surface area contributed by atoms with Crippen LogP contribution in [0.3, 0.4) is 0 Å². The summed E-state index contributed by atoms with van der Waals surface area (Å²) < 4.78 is 11.7. The van der Waals surface area contributed by atoms with Crippen molar-refractivity contribution in [3.05, 3.63) is 59.7 Å². The van der Waals surface area contributed by atoms with Crippen LogP contribution in [0, 0.1) is 5.92 Å². The molecule has 0 fully saturated rings. The Morgan fingerprint density at radius 3 is 2.47 bits per heavy atom. The van der Waals surface area contributed by atoms with Crippen molar-refractivity contribution in [2.75, 3.05) is 33.4 Å². The first-order chi connectivity index (χ1) is 16.4. The second kappa shape index (κ2) is 12.4. The van der Waals surface area contributed by atoms with Gasteiger partial charge in [0.2, 0.25) is 5.91 Å². The fourth-order valence-corrected chi connectivity index (χ4v) is 4.32. The van der Waals surface area contributed by atoms with Crippen LogP contribution in [0.25, 0.3) is 0 Å². The summed E-state index contributed by atoms with van der Waals surface area (Å²) in [5, 5.41) is 0. The minimum atomic E-state index is -0.0863. The minimum Gasteiger partial charge on any atom is -0.494 e. The van der Waals surface area contributed by atoms with E-state index in [1.165, 1.54) is 0 Å². The van der Waals surface area contributed by atoms with Crippen molar-refractivity contribution < 1.29 is 19.1 Å². The summed E-state index contributed by atoms with van der Waals surface area (Å²) in [6.45, 7) is 8.52. The molecule has 3 rings (SSSR count). The van der Waals surface area contributed by atoms with Crippen LogP contribution in [0.2, 0.25) is 0 Å². The Bertz CT molecular complexity index is 942. The van der Waals surface area contributed by atoms with Crippen molar-refractivity contribution in [2.24, 2.45) is 5.92 Å². The van der Waals surface area contributed by atoms with Gasteiger partial charge in [-0.25, -0.2) is 0 Å². The SMILES string of the molecule is CCOc1ccc(CC(=O)N2CCCCCN(C)C(=O)c3ccccc3OC[C@@H]2C(C)C)cc1. The van der Waals surface area contributed by atoms with Crippen LogP contribution in [-0.2, 0) is 11.2 Å². The van der Waals surface area contributed by atoms with Gasteiger partial charge >= 0.3 is 0 Å². The predicted octanol–water partition coefficient (Wildman–Crippen LogP) is 4.82. The topological polar surface area (TPSA) is 59.1 Å². The zero-order chi connectivity index (χ0) is 24.5. The van der Waals surface area contributed by atoms with Crippen LogP contribution in [0.4, 0.5) is 0 Å². The maximum absolute atomic E-state index is 13.5. The number of amides is 2. The Balaban J connectivity index is 1.82. The van der Waals surface area contributed by atoms with Crippen molar-refractivity contribution >= 4 is 11.8 Å². The van der Waals surface area contributed by atoms with Crippen LogP contribution >= 0.6 is 0 Å². The van der Waals surface area contributed by atoms with Crippen LogP contribution < -0.4 is 9.47 Å². The van der Waals surface area contributed by atoms with Crippen LogP contribution in [-0.4, -0.2) is 61.0 Å². The molecule has 1 heterocycles. The molecule has 1 aliphatic heterocycles. The van der Waals surface area contributed by atoms with Gasteiger partial charge < -0.3 is 19.3 Å². The van der Waals surface area contributed by atoms with Crippen LogP contribution in [0.15, 0.2) is 48.5 Å². The third kappa shape index (κ3) is 6.75. The van der Waals surface area contributed by atoms with Gasteiger partial charge in [-0.3, -0.25) is 9.59 Å². The number of carbonyl (C=O) groups is 2. The van der Waals surface area contributed by atoms with Crippen molar-refractivity contribution in [1.29, 1.82) is 0 Å². The fraction of sp³-hybridized carbons (Fsp3) is 0.500. The van der Waals surface area contributed by atoms with Gasteiger partial charge in [-0.05, 0) is 61.9 Å². The number of hydrogen-bond donors (Lipinski definition) is 0. The summed E-state index contributed by atoms with van der Waals surface area (Å²) in [6.07, 6.45) is 3.09. The number of hydrogen-bond acceptors (Lipinski definition) is 4. The third-order valence-electron chi connectivity index (χ3n) is 6.35. The van der Waals surface area contributed by atoms with Crippen LogP contribution in [0.5, 0.6) is 11.5 Å². The van der Waals surface area contributed by atoms with Crippen molar-refractivity contribution in [1.82, 2.24) is 9.80 Å². The monoisotopic (exact) mass is 466 g/mol. The average molecular weight is 467 g/mol. The van der Waals surface area contributed by atoms with E-state index in [4.69, 9.17) is 9.47 Å². The fourth-order valence-electron chi connectivity index (χ4n) is 4.32. The number of ether oxygens (including phenoxy) is 2. The van der Waals surface area contributed by atoms with Crippen molar-refractivity contribution in [3.63, 3.8) is 0 Å². The molecule has 2 aromatic rings. The largest absolute Gasteiger partial charge is 0.494 e. The number of benzene rings is 2. The van der Waals surface area contributed by atoms with E-state index in [1.807, 2.05) is 67.4 Å². The van der Waals surface area contributed by atoms with Crippen LogP contribution in [0.1, 0.15) is 56.0 Å². The Hall–Kier alpha value is -3.02. The second-order valence-corrected chi connectivity index (χ2v) is 9.25. The lowest BCUT2D eigenvalue weighted by Crippen LogP contribution is -2.47. The summed E-state index contributed by atoms with van der Waals surface area (Å²) in [7, 11) is 1.84. The van der Waals surface area contributed by atoms with Gasteiger partial charge in [-0.2, -0.15) is 0 Å². The number of fused-ring (bicyclic) bond motifs is 1. The molecule has 0 spiro atoms. The van der Waals surface area contributed by atoms with E-state index in [9.17, 15) is 9.59 Å². The smallest absolute Gasteiger partial charge is 0.257 e. The maximum atomic E-state index is 13.5. The second-order valence-electron chi connectivity index (χ2n) is 9.25. The number of para-hydroxylation sites is 1. The molecule has 0 bridgehead atoms. The van der Waals surface area contributed by atoms with E-state index in [1.54, 1.807) is 4.90 Å². The molecule has 34 heavy (non-hydrogen) atoms. The first-order valence-corrected chi connectivity index (χ1v) is 12.4. The van der Waals surface area contributed by atoms with Gasteiger partial charge in [0, 0.05) is 20.1 Å². The van der Waals surface area contributed by atoms with Gasteiger partial charge in [0.05, 0.1) is 24.6 Å². The summed E-state index contributed by atoms with van der Waals surface area (Å²) in [4.78, 5) is 30.2. The predicted molar refractivity (Wildman–Crippen MR) is 134 cm³/mol. The average Bonchev–Trinajstić information content (AvgIpc) is 2.84. The lowest BCUT2D eigenvalue weighted by atomic mass is 10.0. The summed E-state index contributed by atoms with van der Waals surface area (Å²) in [6, 6.07) is 15.1. The third-order valence-corrected chi connectivity index (χ3v) is 6.35. The Labute approximate surface area is 203 Å². The molecule has 0 saturated carbocycles. The van der Waals surface area contributed by atoms with Gasteiger partial charge in [-0.1, -0.05) is 38.1 Å². The molecule has 184 valence electrons. The molecule has 0 radical (unpaired) electrons. The molecule has 0 N–H and O–H groups in total. The van der Waals surface area contributed by atoms with E-state index >= 15 is 0 Å². The normalized spacial score (nSPS) is 17.8. The Morgan fingerprint density at radius 2 is 1.76 bits per heavy atom. The maximum Gasteiger partial charge on any atom is 0.257 e. The molecule has 0 aliphatic carbocycles. The van der Waals surface area contributed by atoms with Gasteiger partial charge in [-0.15, -0.1) is 0 Å². The molecular weight excluding hydrogens is 428 g/mol. The summed E-state index contributed by atoms with van der Waals surface area (Å²) >= 11 is 0. The van der Waals surface area contributed by atoms with Gasteiger partial charge in [0.1, 0.15) is 18.1 Å². The van der Waals surface area contributed by atoms with E-state index in [0.717, 1.165) is 30.6 Å². The molecule has 0 aromatic heterocycles. The molecule has 0 saturated heterocycles. The summed E-state index contributed by atoms with van der Waals surface area (Å²) in [5.74, 6) is 1.66. The lowest BCUT2D eigenvalue weighted by Gasteiger charge is -2.35. The first kappa shape index (κ1) is 25.6. The molecule has 6 heteroatoms. The van der Waals surface area contributed by atoms with Gasteiger partial charge in [0.25, 0.3) is 5.91 Å². The van der Waals surface area contributed by atoms with E-state index < -0.39 is 0 Å². The standard InChI is InChI=1S/C28H38N2O4/c1-5-33-23-15-13-22(14-16-23)19-27(31)30-18-10-6-9-17-29(4)28(32)24-11-7-8-12-26(24)34-20-25(30)21(2)3/h7-8,11-16,21,25H,5-6,9-10,17-20H2,1-4H3/t25-/m1/s1. The van der Waals surface area contributed by atoms with Gasteiger partial charge in [0.15, 0.2) is 0 Å². The molecule has 2 amide bonds. The van der Waals surface area contributed by atoms with Crippen molar-refractivity contribution in [2.45, 2.75) is 52.5 Å². The first-order valence-electron chi connectivity index (χ1n) is 12.4. The Kier molecular flexibility index (Phi) is 9.37. The van der Waals surface area contributed by atoms with Crippen molar-refractivity contribution in [3.8, 4) is 11.5 Å². The minimum absolute atomic E-state index is 0.0284. The highest BCUT2D eigenvalue weighted by Gasteiger charge is 2.28. The highest BCUT2D eigenvalue weighted by molar-refractivity contribution is 5.96. The molecule has 0 unspecified atom stereocenters. The molecule has 1 aliphatic rings. The zero-order valence-corrected chi connectivity index (χ0v) is 21.0. The number of nitrogens with zero attached hydrogens (tertiary/aromatic N) is 2. The highest BCUT2D eigenvalue weighted by Crippen LogP contribution is 2.23. The lowest BCUT2D eigenvalue weighted by molar-refractivity contribution is -0.134. The molecule has 6 nitrogen and oxygen atoms in total. The zero-order valence-electron chi connectivity index (χ0n) is 21.0. The quantitative estimate of drug-likeness (QED) is 0.634.